The fraction of sp³-hybridized carbons (Fsp3) is 0.925. The van der Waals surface area contributed by atoms with Gasteiger partial charge < -0.3 is 63.4 Å². The molecule has 0 aromatic heterocycles. The highest BCUT2D eigenvalue weighted by atomic mass is 16.7. The first-order valence-electron chi connectivity index (χ1n) is 20.0. The van der Waals surface area contributed by atoms with E-state index in [0.29, 0.717) is 6.42 Å². The van der Waals surface area contributed by atoms with Crippen molar-refractivity contribution in [3.63, 3.8) is 0 Å². The van der Waals surface area contributed by atoms with E-state index in [9.17, 15) is 29.7 Å². The number of likely N-dealkylation sites (N-methyl/N-ethyl adjacent to an activating group) is 1. The van der Waals surface area contributed by atoms with E-state index in [2.05, 4.69) is 5.32 Å². The number of hydrogen-bond acceptors (Lipinski definition) is 15. The fourth-order valence-electron chi connectivity index (χ4n) is 8.72. The first kappa shape index (κ1) is 48.4. The smallest absolute Gasteiger partial charge is 0.311 e. The number of esters is 2. The number of nitrogens with zero attached hydrogens (tertiary/aromatic N) is 1. The van der Waals surface area contributed by atoms with Crippen molar-refractivity contribution >= 4 is 17.8 Å². The van der Waals surface area contributed by atoms with Crippen molar-refractivity contribution in [3.05, 3.63) is 0 Å². The molecule has 0 aromatic rings. The molecule has 16 nitrogen and oxygen atoms in total. The highest BCUT2D eigenvalue weighted by Gasteiger charge is 2.54. The minimum atomic E-state index is -1.96. The van der Waals surface area contributed by atoms with Gasteiger partial charge in [0.2, 0.25) is 5.91 Å². The van der Waals surface area contributed by atoms with E-state index >= 15 is 0 Å². The summed E-state index contributed by atoms with van der Waals surface area (Å²) in [6.07, 6.45) is -8.85. The second-order valence-electron chi connectivity index (χ2n) is 17.3. The van der Waals surface area contributed by atoms with E-state index in [1.807, 2.05) is 32.8 Å². The van der Waals surface area contributed by atoms with Crippen molar-refractivity contribution in [1.82, 2.24) is 10.2 Å². The summed E-state index contributed by atoms with van der Waals surface area (Å²) in [5, 5.41) is 36.9. The van der Waals surface area contributed by atoms with E-state index in [4.69, 9.17) is 37.9 Å². The van der Waals surface area contributed by atoms with Crippen LogP contribution in [0.4, 0.5) is 0 Å². The van der Waals surface area contributed by atoms with Crippen LogP contribution in [0, 0.1) is 17.8 Å². The Kier molecular flexibility index (Phi) is 16.7. The van der Waals surface area contributed by atoms with Crippen LogP contribution in [0.5, 0.6) is 0 Å². The van der Waals surface area contributed by atoms with E-state index in [1.165, 1.54) is 28.1 Å². The molecule has 4 N–H and O–H groups in total. The fourth-order valence-corrected chi connectivity index (χ4v) is 8.72. The molecule has 3 saturated heterocycles. The monoisotopic (exact) mass is 804 g/mol. The zero-order valence-electron chi connectivity index (χ0n) is 36.3. The van der Waals surface area contributed by atoms with Gasteiger partial charge in [-0.25, -0.2) is 0 Å². The first-order chi connectivity index (χ1) is 25.9. The predicted molar refractivity (Wildman–Crippen MR) is 204 cm³/mol. The average molecular weight is 805 g/mol. The van der Waals surface area contributed by atoms with Gasteiger partial charge in [0.25, 0.3) is 0 Å². The Balaban J connectivity index is 2.27. The van der Waals surface area contributed by atoms with Crippen molar-refractivity contribution in [3.8, 4) is 0 Å². The van der Waals surface area contributed by atoms with Crippen LogP contribution in [0.3, 0.4) is 0 Å². The number of aliphatic hydroxyl groups excluding tert-OH is 2. The number of aliphatic hydroxyl groups is 3. The number of hydrogen-bond donors (Lipinski definition) is 4. The third-order valence-electron chi connectivity index (χ3n) is 12.4. The van der Waals surface area contributed by atoms with Gasteiger partial charge in [-0.2, -0.15) is 0 Å². The average Bonchev–Trinajstić information content (AvgIpc) is 3.12. The molecular formula is C40H72N2O14. The molecule has 3 rings (SSSR count). The summed E-state index contributed by atoms with van der Waals surface area (Å²) in [6, 6.07) is -1.22. The van der Waals surface area contributed by atoms with Crippen LogP contribution < -0.4 is 5.32 Å². The number of methoxy groups -OCH3 is 2. The lowest BCUT2D eigenvalue weighted by Gasteiger charge is -2.49. The Morgan fingerprint density at radius 2 is 1.52 bits per heavy atom. The summed E-state index contributed by atoms with van der Waals surface area (Å²) < 4.78 is 50.3. The Bertz CT molecular complexity index is 1320. The summed E-state index contributed by atoms with van der Waals surface area (Å²) in [6.45, 7) is 18.3. The molecule has 3 fully saturated rings. The lowest BCUT2D eigenvalue weighted by molar-refractivity contribution is -0.320. The van der Waals surface area contributed by atoms with Gasteiger partial charge in [-0.3, -0.25) is 14.4 Å². The summed E-state index contributed by atoms with van der Waals surface area (Å²) in [7, 11) is 6.76. The Morgan fingerprint density at radius 3 is 2.05 bits per heavy atom. The van der Waals surface area contributed by atoms with Crippen LogP contribution in [-0.4, -0.2) is 157 Å². The molecule has 1 unspecified atom stereocenters. The Labute approximate surface area is 333 Å². The van der Waals surface area contributed by atoms with Gasteiger partial charge in [0.15, 0.2) is 18.7 Å². The maximum atomic E-state index is 14.3. The van der Waals surface area contributed by atoms with Crippen LogP contribution in [0.15, 0.2) is 0 Å². The molecule has 3 heterocycles. The van der Waals surface area contributed by atoms with Gasteiger partial charge in [-0.05, 0) is 81.8 Å². The maximum Gasteiger partial charge on any atom is 0.311 e. The number of carbonyl (C=O) groups excluding carboxylic acids is 3. The lowest BCUT2D eigenvalue weighted by atomic mass is 9.77. The van der Waals surface area contributed by atoms with Crippen LogP contribution >= 0.6 is 0 Å². The first-order valence-corrected chi connectivity index (χ1v) is 20.0. The van der Waals surface area contributed by atoms with Crippen molar-refractivity contribution in [2.75, 3.05) is 28.3 Å². The third kappa shape index (κ3) is 10.8. The number of carbonyl (C=O) groups is 3. The molecular weight excluding hydrogens is 732 g/mol. The van der Waals surface area contributed by atoms with Crippen molar-refractivity contribution < 1.29 is 67.6 Å². The molecule has 0 spiro atoms. The van der Waals surface area contributed by atoms with Gasteiger partial charge in [0.05, 0.1) is 53.6 Å². The molecule has 0 saturated carbocycles. The lowest BCUT2D eigenvalue weighted by Crippen LogP contribution is -2.61. The van der Waals surface area contributed by atoms with E-state index in [0.717, 1.165) is 0 Å². The van der Waals surface area contributed by atoms with Gasteiger partial charge >= 0.3 is 11.9 Å². The van der Waals surface area contributed by atoms with Crippen LogP contribution in [-0.2, 0) is 52.3 Å². The van der Waals surface area contributed by atoms with Crippen LogP contribution in [0.2, 0.25) is 0 Å². The van der Waals surface area contributed by atoms with E-state index in [-0.39, 0.29) is 31.4 Å². The topological polar surface area (TPSA) is 201 Å². The standard InChI is InChI=1S/C40H72N2O14/c1-16-28-40(11,48)32(44)24(6)41-35(46)20(2)18-39(10,50-15)34(56-37-31(53-26(8)43)27(42(12)13)17-21(3)51-37)22(4)30(23(5)36(47)54-28)55-29-19-38(9,49-14)33(45)25(7)52-29/h20-25,27-34,37,44-45,48H,16-19H2,1-15H3,(H,41,46)/t20-,21-,22+,23-,24-,25+,27+,28-,29+,30+,31-,32-,33?,34-,37+,38-,39-,40-/m1/s1. The molecule has 0 radical (unpaired) electrons. The second kappa shape index (κ2) is 19.4. The second-order valence-corrected chi connectivity index (χ2v) is 17.3. The van der Waals surface area contributed by atoms with Crippen molar-refractivity contribution in [2.24, 2.45) is 17.8 Å². The summed E-state index contributed by atoms with van der Waals surface area (Å²) in [5.74, 6) is -4.22. The Hall–Kier alpha value is -1.99. The third-order valence-corrected chi connectivity index (χ3v) is 12.4. The van der Waals surface area contributed by atoms with Crippen LogP contribution in [0.25, 0.3) is 0 Å². The predicted octanol–water partition coefficient (Wildman–Crippen LogP) is 2.31. The molecule has 326 valence electrons. The van der Waals surface area contributed by atoms with Crippen molar-refractivity contribution in [1.29, 1.82) is 0 Å². The normalized spacial score (nSPS) is 46.3. The van der Waals surface area contributed by atoms with E-state index in [1.54, 1.807) is 48.5 Å². The highest BCUT2D eigenvalue weighted by Crippen LogP contribution is 2.41. The van der Waals surface area contributed by atoms with Gasteiger partial charge in [0.1, 0.15) is 23.9 Å². The minimum Gasteiger partial charge on any atom is -0.459 e. The minimum absolute atomic E-state index is 0.0786. The molecule has 16 heteroatoms. The maximum absolute atomic E-state index is 14.3. The number of amides is 1. The number of rotatable bonds is 9. The SMILES string of the molecule is CC[C@H]1OC(=O)[C@H](C)[C@@H](O[C@H]2C[C@@](C)(OC)C(O)[C@H](C)O2)[C@H](C)[C@@H](O[C@@H]2O[C@H](C)C[C@H](N(C)C)[C@H]2OC(C)=O)[C@](C)(OC)C[C@@H](C)C(=O)N[C@H](C)[C@@H](O)[C@]1(C)O. The Morgan fingerprint density at radius 1 is 0.911 bits per heavy atom. The largest absolute Gasteiger partial charge is 0.459 e. The molecule has 1 amide bonds. The van der Waals surface area contributed by atoms with Gasteiger partial charge in [-0.15, -0.1) is 0 Å². The molecule has 18 atom stereocenters. The zero-order chi connectivity index (χ0) is 42.7. The summed E-state index contributed by atoms with van der Waals surface area (Å²) in [4.78, 5) is 42.6. The van der Waals surface area contributed by atoms with E-state index < -0.39 is 114 Å². The molecule has 0 aliphatic carbocycles. The zero-order valence-corrected chi connectivity index (χ0v) is 36.3. The van der Waals surface area contributed by atoms with Crippen molar-refractivity contribution in [2.45, 2.75) is 192 Å². The van der Waals surface area contributed by atoms with Gasteiger partial charge in [-0.1, -0.05) is 20.8 Å². The number of ether oxygens (including phenoxy) is 8. The highest BCUT2D eigenvalue weighted by molar-refractivity contribution is 5.78. The van der Waals surface area contributed by atoms with Crippen LogP contribution in [0.1, 0.15) is 102 Å². The number of cyclic esters (lactones) is 1. The molecule has 0 aromatic carbocycles. The summed E-state index contributed by atoms with van der Waals surface area (Å²) in [5.41, 5.74) is -4.31. The molecule has 3 aliphatic rings. The molecule has 3 aliphatic heterocycles. The summed E-state index contributed by atoms with van der Waals surface area (Å²) >= 11 is 0. The molecule has 56 heavy (non-hydrogen) atoms. The van der Waals surface area contributed by atoms with Gasteiger partial charge in [0, 0.05) is 39.4 Å². The molecule has 0 bridgehead atoms. The quantitative estimate of drug-likeness (QED) is 0.247. The number of nitrogens with one attached hydrogen (secondary N) is 1.